The average molecular weight is 311 g/mol. The molecule has 0 saturated carbocycles. The van der Waals surface area contributed by atoms with Gasteiger partial charge in [0.15, 0.2) is 11.2 Å². The highest BCUT2D eigenvalue weighted by atomic mass is 35.5. The average Bonchev–Trinajstić information content (AvgIpc) is 2.51. The van der Waals surface area contributed by atoms with Gasteiger partial charge in [-0.15, -0.1) is 11.6 Å². The predicted octanol–water partition coefficient (Wildman–Crippen LogP) is 2.90. The van der Waals surface area contributed by atoms with Gasteiger partial charge in [0.1, 0.15) is 11.4 Å². The number of hydrogen-bond acceptors (Lipinski definition) is 4. The van der Waals surface area contributed by atoms with Crippen molar-refractivity contribution in [2.24, 2.45) is 0 Å². The minimum atomic E-state index is -1.15. The molecule has 0 aliphatic carbocycles. The Morgan fingerprint density at radius 2 is 2.00 bits per heavy atom. The predicted molar refractivity (Wildman–Crippen MR) is 79.7 cm³/mol. The molecule has 0 bridgehead atoms. The molecule has 21 heavy (non-hydrogen) atoms. The van der Waals surface area contributed by atoms with Crippen LogP contribution in [0.5, 0.6) is 5.75 Å². The van der Waals surface area contributed by atoms with E-state index in [1.165, 1.54) is 0 Å². The summed E-state index contributed by atoms with van der Waals surface area (Å²) < 4.78 is 10.6. The molecule has 1 saturated heterocycles. The van der Waals surface area contributed by atoms with Gasteiger partial charge in [0.2, 0.25) is 0 Å². The lowest BCUT2D eigenvalue weighted by molar-refractivity contribution is -0.170. The number of methoxy groups -OCH3 is 1. The maximum absolute atomic E-state index is 11.8. The SMILES string of the molecule is CCC1(CCc2ccc(OC)cc2)CC(=O)C(Cl)C(=O)O1. The molecule has 114 valence electrons. The standard InChI is InChI=1S/C16H19ClO4/c1-3-16(10-13(18)14(17)15(19)21-16)9-8-11-4-6-12(20-2)7-5-11/h4-7,14H,3,8-10H2,1-2H3. The van der Waals surface area contributed by atoms with Crippen molar-refractivity contribution in [3.8, 4) is 5.75 Å². The van der Waals surface area contributed by atoms with Crippen molar-refractivity contribution < 1.29 is 19.1 Å². The van der Waals surface area contributed by atoms with Gasteiger partial charge in [0, 0.05) is 6.42 Å². The zero-order chi connectivity index (χ0) is 15.5. The molecule has 1 fully saturated rings. The normalized spacial score (nSPS) is 25.6. The van der Waals surface area contributed by atoms with Gasteiger partial charge in [-0.1, -0.05) is 19.1 Å². The lowest BCUT2D eigenvalue weighted by Gasteiger charge is -2.36. The number of carbonyl (C=O) groups excluding carboxylic acids is 2. The van der Waals surface area contributed by atoms with E-state index in [1.54, 1.807) is 7.11 Å². The topological polar surface area (TPSA) is 52.6 Å². The molecular formula is C16H19ClO4. The molecule has 0 radical (unpaired) electrons. The van der Waals surface area contributed by atoms with Gasteiger partial charge in [0.05, 0.1) is 7.11 Å². The van der Waals surface area contributed by atoms with Gasteiger partial charge in [-0.25, -0.2) is 4.79 Å². The van der Waals surface area contributed by atoms with Crippen molar-refractivity contribution in [3.05, 3.63) is 29.8 Å². The zero-order valence-electron chi connectivity index (χ0n) is 12.2. The summed E-state index contributed by atoms with van der Waals surface area (Å²) >= 11 is 5.71. The van der Waals surface area contributed by atoms with E-state index in [4.69, 9.17) is 21.1 Å². The van der Waals surface area contributed by atoms with E-state index in [2.05, 4.69) is 0 Å². The third kappa shape index (κ3) is 3.56. The number of ether oxygens (including phenoxy) is 2. The highest BCUT2D eigenvalue weighted by Gasteiger charge is 2.44. The number of halogens is 1. The van der Waals surface area contributed by atoms with Crippen molar-refractivity contribution in [2.45, 2.75) is 43.6 Å². The maximum atomic E-state index is 11.8. The van der Waals surface area contributed by atoms with E-state index < -0.39 is 16.9 Å². The third-order valence-electron chi connectivity index (χ3n) is 3.98. The molecule has 1 aliphatic heterocycles. The van der Waals surface area contributed by atoms with Crippen LogP contribution >= 0.6 is 11.6 Å². The van der Waals surface area contributed by atoms with Crippen LogP contribution in [0.25, 0.3) is 0 Å². The van der Waals surface area contributed by atoms with Crippen LogP contribution in [0.1, 0.15) is 31.7 Å². The number of benzene rings is 1. The molecule has 2 rings (SSSR count). The molecule has 4 nitrogen and oxygen atoms in total. The third-order valence-corrected chi connectivity index (χ3v) is 4.40. The summed E-state index contributed by atoms with van der Waals surface area (Å²) in [5.74, 6) is -0.0674. The lowest BCUT2D eigenvalue weighted by atomic mass is 9.84. The van der Waals surface area contributed by atoms with Gasteiger partial charge in [0.25, 0.3) is 0 Å². The number of carbonyl (C=O) groups is 2. The Labute approximate surface area is 129 Å². The number of Topliss-reactive ketones (excluding diaryl/α,β-unsaturated/α-hetero) is 1. The largest absolute Gasteiger partial charge is 0.497 e. The van der Waals surface area contributed by atoms with E-state index in [1.807, 2.05) is 31.2 Å². The van der Waals surface area contributed by atoms with Gasteiger partial charge < -0.3 is 9.47 Å². The molecule has 1 heterocycles. The summed E-state index contributed by atoms with van der Waals surface area (Å²) in [6.07, 6.45) is 2.13. The second kappa shape index (κ2) is 6.48. The molecule has 1 aromatic rings. The van der Waals surface area contributed by atoms with Gasteiger partial charge in [-0.3, -0.25) is 4.79 Å². The fourth-order valence-electron chi connectivity index (χ4n) is 2.52. The Morgan fingerprint density at radius 3 is 2.52 bits per heavy atom. The number of alkyl halides is 1. The Morgan fingerprint density at radius 1 is 1.33 bits per heavy atom. The number of rotatable bonds is 5. The summed E-state index contributed by atoms with van der Waals surface area (Å²) in [5, 5.41) is -1.15. The van der Waals surface area contributed by atoms with Gasteiger partial charge in [-0.2, -0.15) is 0 Å². The summed E-state index contributed by atoms with van der Waals surface area (Å²) in [6.45, 7) is 1.92. The summed E-state index contributed by atoms with van der Waals surface area (Å²) in [6, 6.07) is 7.72. The van der Waals surface area contributed by atoms with Crippen molar-refractivity contribution in [1.82, 2.24) is 0 Å². The van der Waals surface area contributed by atoms with Crippen molar-refractivity contribution in [1.29, 1.82) is 0 Å². The summed E-state index contributed by atoms with van der Waals surface area (Å²) in [5.41, 5.74) is 0.388. The molecule has 0 spiro atoms. The minimum absolute atomic E-state index is 0.194. The van der Waals surface area contributed by atoms with Crippen LogP contribution in [0, 0.1) is 0 Å². The van der Waals surface area contributed by atoms with E-state index in [-0.39, 0.29) is 12.2 Å². The van der Waals surface area contributed by atoms with Crippen LogP contribution in [0.4, 0.5) is 0 Å². The van der Waals surface area contributed by atoms with Crippen LogP contribution in [-0.4, -0.2) is 29.8 Å². The summed E-state index contributed by atoms with van der Waals surface area (Å²) in [7, 11) is 1.62. The smallest absolute Gasteiger partial charge is 0.332 e. The number of ketones is 1. The Balaban J connectivity index is 2.04. The maximum Gasteiger partial charge on any atom is 0.332 e. The Hall–Kier alpha value is -1.55. The fraction of sp³-hybridized carbons (Fsp3) is 0.500. The van der Waals surface area contributed by atoms with Crippen LogP contribution < -0.4 is 4.74 Å². The molecule has 1 aromatic carbocycles. The zero-order valence-corrected chi connectivity index (χ0v) is 13.0. The fourth-order valence-corrected chi connectivity index (χ4v) is 2.64. The van der Waals surface area contributed by atoms with Crippen LogP contribution in [0.15, 0.2) is 24.3 Å². The van der Waals surface area contributed by atoms with Crippen LogP contribution in [0.3, 0.4) is 0 Å². The highest BCUT2D eigenvalue weighted by Crippen LogP contribution is 2.33. The van der Waals surface area contributed by atoms with E-state index in [0.717, 1.165) is 17.7 Å². The van der Waals surface area contributed by atoms with E-state index in [9.17, 15) is 9.59 Å². The first-order chi connectivity index (χ1) is 9.99. The summed E-state index contributed by atoms with van der Waals surface area (Å²) in [4.78, 5) is 23.5. The van der Waals surface area contributed by atoms with Crippen LogP contribution in [-0.2, 0) is 20.7 Å². The molecular weight excluding hydrogens is 292 g/mol. The quantitative estimate of drug-likeness (QED) is 0.477. The highest BCUT2D eigenvalue weighted by molar-refractivity contribution is 6.41. The lowest BCUT2D eigenvalue weighted by Crippen LogP contribution is -2.48. The Bertz CT molecular complexity index is 506. The molecule has 2 unspecified atom stereocenters. The molecule has 2 atom stereocenters. The first kappa shape index (κ1) is 15.8. The van der Waals surface area contributed by atoms with Gasteiger partial charge in [-0.05, 0) is 37.0 Å². The van der Waals surface area contributed by atoms with Crippen molar-refractivity contribution in [2.75, 3.05) is 7.11 Å². The number of aryl methyl sites for hydroxylation is 1. The number of esters is 1. The van der Waals surface area contributed by atoms with E-state index in [0.29, 0.717) is 12.8 Å². The first-order valence-corrected chi connectivity index (χ1v) is 7.46. The monoisotopic (exact) mass is 310 g/mol. The number of cyclic esters (lactones) is 1. The molecule has 1 aliphatic rings. The molecule has 5 heteroatoms. The number of hydrogen-bond donors (Lipinski definition) is 0. The van der Waals surface area contributed by atoms with E-state index >= 15 is 0 Å². The first-order valence-electron chi connectivity index (χ1n) is 7.02. The second-order valence-corrected chi connectivity index (χ2v) is 5.75. The van der Waals surface area contributed by atoms with Crippen molar-refractivity contribution >= 4 is 23.4 Å². The minimum Gasteiger partial charge on any atom is -0.497 e. The second-order valence-electron chi connectivity index (χ2n) is 5.31. The molecule has 0 aromatic heterocycles. The van der Waals surface area contributed by atoms with Gasteiger partial charge >= 0.3 is 5.97 Å². The Kier molecular flexibility index (Phi) is 4.88. The van der Waals surface area contributed by atoms with Crippen molar-refractivity contribution in [3.63, 3.8) is 0 Å². The molecule has 0 amide bonds. The van der Waals surface area contributed by atoms with Crippen LogP contribution in [0.2, 0.25) is 0 Å². The molecule has 0 N–H and O–H groups in total.